The van der Waals surface area contributed by atoms with Crippen LogP contribution in [-0.4, -0.2) is 28.1 Å². The minimum absolute atomic E-state index is 0.109. The van der Waals surface area contributed by atoms with E-state index in [0.29, 0.717) is 12.0 Å². The lowest BCUT2D eigenvalue weighted by Crippen LogP contribution is -2.35. The van der Waals surface area contributed by atoms with E-state index in [1.807, 2.05) is 12.4 Å². The van der Waals surface area contributed by atoms with Gasteiger partial charge >= 0.3 is 0 Å². The maximum atomic E-state index is 4.62. The minimum Gasteiger partial charge on any atom is -0.352 e. The first-order chi connectivity index (χ1) is 9.35. The summed E-state index contributed by atoms with van der Waals surface area (Å²) in [5.74, 6) is 1.68. The molecule has 0 aromatic carbocycles. The Kier molecular flexibility index (Phi) is 4.63. The molecule has 0 unspecified atom stereocenters. The Labute approximate surface area is 123 Å². The number of rotatable bonds is 6. The van der Waals surface area contributed by atoms with Crippen LogP contribution in [0.15, 0.2) is 12.4 Å². The average Bonchev–Trinajstić information content (AvgIpc) is 3.17. The van der Waals surface area contributed by atoms with Crippen LogP contribution in [0.4, 0.5) is 5.82 Å². The van der Waals surface area contributed by atoms with Crippen molar-refractivity contribution in [1.29, 1.82) is 0 Å². The molecule has 4 nitrogen and oxygen atoms in total. The molecule has 1 aliphatic carbocycles. The van der Waals surface area contributed by atoms with Crippen LogP contribution in [0.1, 0.15) is 53.2 Å². The highest BCUT2D eigenvalue weighted by molar-refractivity contribution is 5.39. The lowest BCUT2D eigenvalue weighted by molar-refractivity contribution is 0.421. The van der Waals surface area contributed by atoms with Crippen molar-refractivity contribution in [2.24, 2.45) is 5.92 Å². The fourth-order valence-corrected chi connectivity index (χ4v) is 2.15. The predicted octanol–water partition coefficient (Wildman–Crippen LogP) is 2.99. The third-order valence-corrected chi connectivity index (χ3v) is 3.34. The van der Waals surface area contributed by atoms with E-state index in [0.717, 1.165) is 24.6 Å². The lowest BCUT2D eigenvalue weighted by Gasteiger charge is -2.25. The van der Waals surface area contributed by atoms with E-state index in [9.17, 15) is 0 Å². The molecule has 2 rings (SSSR count). The largest absolute Gasteiger partial charge is 0.352 e. The molecule has 0 saturated heterocycles. The topological polar surface area (TPSA) is 41.1 Å². The van der Waals surface area contributed by atoms with Gasteiger partial charge in [0.15, 0.2) is 0 Å². The van der Waals surface area contributed by atoms with E-state index in [2.05, 4.69) is 54.8 Å². The first kappa shape index (κ1) is 15.2. The van der Waals surface area contributed by atoms with E-state index < -0.39 is 0 Å². The van der Waals surface area contributed by atoms with Gasteiger partial charge in [0.2, 0.25) is 0 Å². The van der Waals surface area contributed by atoms with Crippen molar-refractivity contribution >= 4 is 5.82 Å². The van der Waals surface area contributed by atoms with Crippen molar-refractivity contribution in [1.82, 2.24) is 15.3 Å². The Morgan fingerprint density at radius 2 is 1.95 bits per heavy atom. The zero-order valence-electron chi connectivity index (χ0n) is 13.5. The van der Waals surface area contributed by atoms with Gasteiger partial charge in [0, 0.05) is 24.7 Å². The van der Waals surface area contributed by atoms with Gasteiger partial charge in [-0.15, -0.1) is 0 Å². The van der Waals surface area contributed by atoms with Crippen molar-refractivity contribution in [3.8, 4) is 0 Å². The molecule has 1 N–H and O–H groups in total. The van der Waals surface area contributed by atoms with E-state index in [-0.39, 0.29) is 5.54 Å². The summed E-state index contributed by atoms with van der Waals surface area (Å²) >= 11 is 0. The van der Waals surface area contributed by atoms with Crippen molar-refractivity contribution in [2.75, 3.05) is 11.4 Å². The summed E-state index contributed by atoms with van der Waals surface area (Å²) in [7, 11) is 0. The van der Waals surface area contributed by atoms with E-state index >= 15 is 0 Å². The Morgan fingerprint density at radius 1 is 1.25 bits per heavy atom. The van der Waals surface area contributed by atoms with Crippen LogP contribution >= 0.6 is 0 Å². The van der Waals surface area contributed by atoms with Crippen LogP contribution in [0, 0.1) is 5.92 Å². The summed E-state index contributed by atoms with van der Waals surface area (Å²) in [6, 6.07) is 0.685. The monoisotopic (exact) mass is 276 g/mol. The van der Waals surface area contributed by atoms with E-state index in [1.165, 1.54) is 12.8 Å². The SMILES string of the molecule is CC(C)CN(c1cnc(CNC(C)(C)C)cn1)C1CC1. The molecule has 1 fully saturated rings. The number of aromatic nitrogens is 2. The molecule has 4 heteroatoms. The molecular weight excluding hydrogens is 248 g/mol. The maximum absolute atomic E-state index is 4.62. The molecule has 1 aromatic heterocycles. The van der Waals surface area contributed by atoms with Gasteiger partial charge in [-0.1, -0.05) is 13.8 Å². The Hall–Kier alpha value is -1.16. The Balaban J connectivity index is 1.99. The summed E-state index contributed by atoms with van der Waals surface area (Å²) < 4.78 is 0. The summed E-state index contributed by atoms with van der Waals surface area (Å²) in [6.45, 7) is 12.8. The smallest absolute Gasteiger partial charge is 0.147 e. The normalized spacial score (nSPS) is 15.7. The zero-order valence-corrected chi connectivity index (χ0v) is 13.5. The molecule has 0 atom stereocenters. The fourth-order valence-electron chi connectivity index (χ4n) is 2.15. The molecule has 1 saturated carbocycles. The number of nitrogens with one attached hydrogen (secondary N) is 1. The standard InChI is InChI=1S/C16H28N4/c1-12(2)11-20(14-6-7-14)15-10-17-13(8-18-15)9-19-16(3,4)5/h8,10,12,14,19H,6-7,9,11H2,1-5H3. The number of hydrogen-bond donors (Lipinski definition) is 1. The van der Waals surface area contributed by atoms with Crippen LogP contribution in [0.2, 0.25) is 0 Å². The highest BCUT2D eigenvalue weighted by Gasteiger charge is 2.30. The second kappa shape index (κ2) is 6.08. The molecule has 0 radical (unpaired) electrons. The summed E-state index contributed by atoms with van der Waals surface area (Å²) in [5, 5.41) is 3.44. The van der Waals surface area contributed by atoms with Crippen molar-refractivity contribution in [3.05, 3.63) is 18.1 Å². The number of nitrogens with zero attached hydrogens (tertiary/aromatic N) is 3. The van der Waals surface area contributed by atoms with Crippen LogP contribution in [0.5, 0.6) is 0 Å². The van der Waals surface area contributed by atoms with Crippen LogP contribution < -0.4 is 10.2 Å². The van der Waals surface area contributed by atoms with Gasteiger partial charge in [-0.2, -0.15) is 0 Å². The molecule has 1 aromatic rings. The highest BCUT2D eigenvalue weighted by Crippen LogP contribution is 2.30. The van der Waals surface area contributed by atoms with Gasteiger partial charge in [0.25, 0.3) is 0 Å². The molecule has 20 heavy (non-hydrogen) atoms. The fraction of sp³-hybridized carbons (Fsp3) is 0.750. The first-order valence-corrected chi connectivity index (χ1v) is 7.68. The molecule has 0 amide bonds. The third kappa shape index (κ3) is 4.75. The van der Waals surface area contributed by atoms with Gasteiger partial charge in [0.05, 0.1) is 18.1 Å². The molecule has 0 bridgehead atoms. The van der Waals surface area contributed by atoms with Gasteiger partial charge in [0.1, 0.15) is 5.82 Å². The van der Waals surface area contributed by atoms with Crippen molar-refractivity contribution < 1.29 is 0 Å². The first-order valence-electron chi connectivity index (χ1n) is 7.68. The second-order valence-electron chi connectivity index (χ2n) is 7.25. The Bertz CT molecular complexity index is 415. The predicted molar refractivity (Wildman–Crippen MR) is 83.8 cm³/mol. The van der Waals surface area contributed by atoms with Gasteiger partial charge < -0.3 is 10.2 Å². The van der Waals surface area contributed by atoms with Crippen molar-refractivity contribution in [3.63, 3.8) is 0 Å². The maximum Gasteiger partial charge on any atom is 0.147 e. The molecule has 0 aliphatic heterocycles. The molecule has 0 spiro atoms. The van der Waals surface area contributed by atoms with Gasteiger partial charge in [-0.05, 0) is 39.5 Å². The van der Waals surface area contributed by atoms with Gasteiger partial charge in [-0.3, -0.25) is 4.98 Å². The summed E-state index contributed by atoms with van der Waals surface area (Å²) in [4.78, 5) is 11.6. The van der Waals surface area contributed by atoms with E-state index in [4.69, 9.17) is 0 Å². The number of hydrogen-bond acceptors (Lipinski definition) is 4. The summed E-state index contributed by atoms with van der Waals surface area (Å²) in [5.41, 5.74) is 1.11. The van der Waals surface area contributed by atoms with Crippen molar-refractivity contribution in [2.45, 2.75) is 65.6 Å². The minimum atomic E-state index is 0.109. The van der Waals surface area contributed by atoms with Crippen LogP contribution in [0.25, 0.3) is 0 Å². The van der Waals surface area contributed by atoms with E-state index in [1.54, 1.807) is 0 Å². The quantitative estimate of drug-likeness (QED) is 0.867. The van der Waals surface area contributed by atoms with Crippen LogP contribution in [0.3, 0.4) is 0 Å². The third-order valence-electron chi connectivity index (χ3n) is 3.34. The van der Waals surface area contributed by atoms with Crippen LogP contribution in [-0.2, 0) is 6.54 Å². The van der Waals surface area contributed by atoms with Gasteiger partial charge in [-0.25, -0.2) is 4.98 Å². The molecule has 1 heterocycles. The zero-order chi connectivity index (χ0) is 14.8. The molecule has 112 valence electrons. The Morgan fingerprint density at radius 3 is 2.40 bits per heavy atom. The second-order valence-corrected chi connectivity index (χ2v) is 7.25. The number of anilines is 1. The molecular formula is C16H28N4. The molecule has 1 aliphatic rings. The lowest BCUT2D eigenvalue weighted by atomic mass is 10.1. The summed E-state index contributed by atoms with van der Waals surface area (Å²) in [6.07, 6.45) is 6.42. The highest BCUT2D eigenvalue weighted by atomic mass is 15.2. The average molecular weight is 276 g/mol.